The summed E-state index contributed by atoms with van der Waals surface area (Å²) in [6, 6.07) is 10.2. The molecule has 1 aliphatic heterocycles. The first-order valence-electron chi connectivity index (χ1n) is 8.51. The van der Waals surface area contributed by atoms with E-state index in [1.807, 2.05) is 6.92 Å². The van der Waals surface area contributed by atoms with Crippen LogP contribution in [0.3, 0.4) is 0 Å². The van der Waals surface area contributed by atoms with Gasteiger partial charge in [0.05, 0.1) is 25.7 Å². The lowest BCUT2D eigenvalue weighted by atomic mass is 10.2. The summed E-state index contributed by atoms with van der Waals surface area (Å²) in [5.74, 6) is 1.38. The number of benzene rings is 2. The topological polar surface area (TPSA) is 89.4 Å². The Morgan fingerprint density at radius 3 is 2.68 bits per heavy atom. The van der Waals surface area contributed by atoms with Gasteiger partial charge in [-0.1, -0.05) is 6.07 Å². The van der Waals surface area contributed by atoms with Gasteiger partial charge in [0.25, 0.3) is 5.91 Å². The van der Waals surface area contributed by atoms with Crippen molar-refractivity contribution in [3.05, 3.63) is 46.9 Å². The molecular weight excluding hydrogens is 380 g/mol. The average Bonchev–Trinajstić information content (AvgIpc) is 3.03. The summed E-state index contributed by atoms with van der Waals surface area (Å²) < 4.78 is 15.9. The molecule has 2 N–H and O–H groups in total. The molecule has 0 radical (unpaired) electrons. The summed E-state index contributed by atoms with van der Waals surface area (Å²) >= 11 is 1.22. The highest BCUT2D eigenvalue weighted by molar-refractivity contribution is 8.18. The van der Waals surface area contributed by atoms with Crippen LogP contribution in [0, 0.1) is 0 Å². The van der Waals surface area contributed by atoms with Crippen LogP contribution in [0.2, 0.25) is 0 Å². The Bertz CT molecular complexity index is 956. The molecule has 1 heterocycles. The molecule has 0 saturated carbocycles. The first-order chi connectivity index (χ1) is 13.5. The second-order valence-corrected chi connectivity index (χ2v) is 6.71. The van der Waals surface area contributed by atoms with Crippen molar-refractivity contribution in [1.82, 2.24) is 5.32 Å². The molecule has 0 atom stereocenters. The van der Waals surface area contributed by atoms with Crippen molar-refractivity contribution < 1.29 is 24.1 Å². The van der Waals surface area contributed by atoms with Crippen LogP contribution in [0.25, 0.3) is 6.08 Å². The number of hydrogen-bond donors (Lipinski definition) is 2. The van der Waals surface area contributed by atoms with E-state index in [9.17, 15) is 9.90 Å². The van der Waals surface area contributed by atoms with E-state index in [0.717, 1.165) is 5.56 Å². The number of amidine groups is 1. The van der Waals surface area contributed by atoms with Crippen LogP contribution in [-0.2, 0) is 4.79 Å². The zero-order chi connectivity index (χ0) is 20.1. The van der Waals surface area contributed by atoms with Gasteiger partial charge in [0.2, 0.25) is 0 Å². The van der Waals surface area contributed by atoms with E-state index in [1.165, 1.54) is 17.8 Å². The highest BCUT2D eigenvalue weighted by Gasteiger charge is 2.24. The largest absolute Gasteiger partial charge is 0.504 e. The highest BCUT2D eigenvalue weighted by Crippen LogP contribution is 2.35. The number of nitrogens with one attached hydrogen (secondary N) is 1. The molecule has 2 aromatic rings. The van der Waals surface area contributed by atoms with Gasteiger partial charge in [0.1, 0.15) is 17.2 Å². The van der Waals surface area contributed by atoms with E-state index in [1.54, 1.807) is 50.6 Å². The molecule has 0 aliphatic carbocycles. The van der Waals surface area contributed by atoms with Crippen LogP contribution in [0.1, 0.15) is 12.5 Å². The maximum atomic E-state index is 12.3. The number of phenols is 1. The lowest BCUT2D eigenvalue weighted by Gasteiger charge is -2.07. The number of ether oxygens (including phenoxy) is 3. The Balaban J connectivity index is 1.85. The van der Waals surface area contributed by atoms with Crippen LogP contribution in [0.15, 0.2) is 46.3 Å². The molecular formula is C20H20N2O5S. The van der Waals surface area contributed by atoms with Crippen molar-refractivity contribution in [3.63, 3.8) is 0 Å². The summed E-state index contributed by atoms with van der Waals surface area (Å²) in [7, 11) is 3.12. The molecule has 0 aromatic heterocycles. The molecule has 3 rings (SSSR count). The third-order valence-electron chi connectivity index (χ3n) is 3.84. The number of methoxy groups -OCH3 is 2. The van der Waals surface area contributed by atoms with Gasteiger partial charge in [-0.05, 0) is 54.6 Å². The summed E-state index contributed by atoms with van der Waals surface area (Å²) in [6.45, 7) is 2.27. The standard InChI is InChI=1S/C20H20N2O5S/c1-4-27-17-9-12(5-8-15(17)23)10-18-19(24)22-20(28-18)21-14-7-6-13(25-2)11-16(14)26-3/h5-11,23H,4H2,1-3H3,(H,21,22,24)/b18-10-. The Morgan fingerprint density at radius 2 is 1.96 bits per heavy atom. The van der Waals surface area contributed by atoms with Crippen molar-refractivity contribution >= 4 is 34.6 Å². The van der Waals surface area contributed by atoms with Gasteiger partial charge in [-0.25, -0.2) is 4.99 Å². The number of phenolic OH excluding ortho intramolecular Hbond substituents is 1. The van der Waals surface area contributed by atoms with Gasteiger partial charge in [0.15, 0.2) is 16.7 Å². The molecule has 1 aliphatic rings. The van der Waals surface area contributed by atoms with Gasteiger partial charge < -0.3 is 24.6 Å². The summed E-state index contributed by atoms with van der Waals surface area (Å²) in [6.07, 6.45) is 1.72. The quantitative estimate of drug-likeness (QED) is 0.719. The number of aromatic hydroxyl groups is 1. The number of hydrogen-bond acceptors (Lipinski definition) is 7. The van der Waals surface area contributed by atoms with Crippen molar-refractivity contribution in [3.8, 4) is 23.0 Å². The van der Waals surface area contributed by atoms with Gasteiger partial charge in [-0.2, -0.15) is 0 Å². The fourth-order valence-corrected chi connectivity index (χ4v) is 3.34. The maximum Gasteiger partial charge on any atom is 0.264 e. The molecule has 0 unspecified atom stereocenters. The van der Waals surface area contributed by atoms with Crippen LogP contribution in [-0.4, -0.2) is 37.0 Å². The number of nitrogens with zero attached hydrogens (tertiary/aromatic N) is 1. The molecule has 8 heteroatoms. The van der Waals surface area contributed by atoms with Crippen LogP contribution in [0.4, 0.5) is 5.69 Å². The molecule has 1 saturated heterocycles. The molecule has 1 fully saturated rings. The molecule has 1 amide bonds. The van der Waals surface area contributed by atoms with E-state index in [2.05, 4.69) is 10.3 Å². The lowest BCUT2D eigenvalue weighted by molar-refractivity contribution is -0.115. The van der Waals surface area contributed by atoms with Crippen LogP contribution < -0.4 is 19.5 Å². The fourth-order valence-electron chi connectivity index (χ4n) is 2.51. The molecule has 0 bridgehead atoms. The third-order valence-corrected chi connectivity index (χ3v) is 4.75. The van der Waals surface area contributed by atoms with Gasteiger partial charge in [-0.15, -0.1) is 0 Å². The predicted molar refractivity (Wildman–Crippen MR) is 110 cm³/mol. The summed E-state index contributed by atoms with van der Waals surface area (Å²) in [5.41, 5.74) is 1.32. The van der Waals surface area contributed by atoms with E-state index < -0.39 is 0 Å². The number of thioether (sulfide) groups is 1. The smallest absolute Gasteiger partial charge is 0.264 e. The number of aliphatic imine (C=N–C) groups is 1. The minimum absolute atomic E-state index is 0.0568. The second-order valence-electron chi connectivity index (χ2n) is 5.68. The number of amides is 1. The second kappa shape index (κ2) is 8.71. The number of rotatable bonds is 6. The third kappa shape index (κ3) is 4.40. The average molecular weight is 400 g/mol. The Hall–Kier alpha value is -3.13. The van der Waals surface area contributed by atoms with Gasteiger partial charge in [-0.3, -0.25) is 4.79 Å². The Morgan fingerprint density at radius 1 is 1.14 bits per heavy atom. The molecule has 146 valence electrons. The summed E-state index contributed by atoms with van der Waals surface area (Å²) in [5, 5.41) is 13.0. The SMILES string of the molecule is CCOc1cc(/C=C2\SC(=Nc3ccc(OC)cc3OC)NC2=O)ccc1O. The van der Waals surface area contributed by atoms with Gasteiger partial charge in [0, 0.05) is 6.07 Å². The molecule has 28 heavy (non-hydrogen) atoms. The summed E-state index contributed by atoms with van der Waals surface area (Å²) in [4.78, 5) is 17.3. The number of carbonyl (C=O) groups is 1. The minimum Gasteiger partial charge on any atom is -0.504 e. The van der Waals surface area contributed by atoms with Gasteiger partial charge >= 0.3 is 0 Å². The number of carbonyl (C=O) groups excluding carboxylic acids is 1. The first kappa shape index (κ1) is 19.6. The van der Waals surface area contributed by atoms with E-state index in [0.29, 0.717) is 39.6 Å². The van der Waals surface area contributed by atoms with Crippen molar-refractivity contribution in [2.24, 2.45) is 4.99 Å². The zero-order valence-corrected chi connectivity index (χ0v) is 16.5. The zero-order valence-electron chi connectivity index (χ0n) is 15.7. The normalized spacial score (nSPS) is 16.3. The Labute approximate surface area is 167 Å². The van der Waals surface area contributed by atoms with E-state index in [4.69, 9.17) is 14.2 Å². The lowest BCUT2D eigenvalue weighted by Crippen LogP contribution is -2.19. The Kier molecular flexibility index (Phi) is 6.10. The van der Waals surface area contributed by atoms with E-state index >= 15 is 0 Å². The first-order valence-corrected chi connectivity index (χ1v) is 9.33. The fraction of sp³-hybridized carbons (Fsp3) is 0.200. The minimum atomic E-state index is -0.248. The van der Waals surface area contributed by atoms with Crippen molar-refractivity contribution in [2.75, 3.05) is 20.8 Å². The van der Waals surface area contributed by atoms with Crippen molar-refractivity contribution in [2.45, 2.75) is 6.92 Å². The molecule has 0 spiro atoms. The van der Waals surface area contributed by atoms with Crippen LogP contribution >= 0.6 is 11.8 Å². The maximum absolute atomic E-state index is 12.3. The predicted octanol–water partition coefficient (Wildman–Crippen LogP) is 3.70. The van der Waals surface area contributed by atoms with E-state index in [-0.39, 0.29) is 11.7 Å². The molecule has 2 aromatic carbocycles. The molecule has 7 nitrogen and oxygen atoms in total. The van der Waals surface area contributed by atoms with Crippen molar-refractivity contribution in [1.29, 1.82) is 0 Å². The highest BCUT2D eigenvalue weighted by atomic mass is 32.2. The monoisotopic (exact) mass is 400 g/mol. The van der Waals surface area contributed by atoms with Crippen LogP contribution in [0.5, 0.6) is 23.0 Å².